The van der Waals surface area contributed by atoms with E-state index in [1.807, 2.05) is 18.2 Å². The van der Waals surface area contributed by atoms with Crippen molar-refractivity contribution in [2.75, 3.05) is 13.2 Å². The summed E-state index contributed by atoms with van der Waals surface area (Å²) < 4.78 is 14.0. The van der Waals surface area contributed by atoms with Gasteiger partial charge in [-0.05, 0) is 88.6 Å². The van der Waals surface area contributed by atoms with Crippen molar-refractivity contribution in [2.45, 2.75) is 72.3 Å². The Bertz CT molecular complexity index is 2510. The Morgan fingerprint density at radius 2 is 1.45 bits per heavy atom. The Balaban J connectivity index is 1.28. The molecule has 0 aliphatic heterocycles. The van der Waals surface area contributed by atoms with Gasteiger partial charge >= 0.3 is 11.9 Å². The zero-order valence-electron chi connectivity index (χ0n) is 31.1. The summed E-state index contributed by atoms with van der Waals surface area (Å²) in [5.41, 5.74) is 2.77. The summed E-state index contributed by atoms with van der Waals surface area (Å²) in [6, 6.07) is 11.1. The van der Waals surface area contributed by atoms with E-state index in [0.29, 0.717) is 55.4 Å². The average molecular weight is 785 g/mol. The fourth-order valence-electron chi connectivity index (χ4n) is 6.56. The van der Waals surface area contributed by atoms with Crippen molar-refractivity contribution in [3.63, 3.8) is 0 Å². The van der Waals surface area contributed by atoms with Crippen LogP contribution in [0.5, 0.6) is 0 Å². The molecule has 2 N–H and O–H groups in total. The zero-order valence-corrected chi connectivity index (χ0v) is 32.7. The van der Waals surface area contributed by atoms with E-state index in [-0.39, 0.29) is 43.0 Å². The molecular weight excluding hydrogens is 745 g/mol. The van der Waals surface area contributed by atoms with E-state index in [0.717, 1.165) is 16.5 Å². The molecule has 0 bridgehead atoms. The Morgan fingerprint density at radius 1 is 0.836 bits per heavy atom. The Kier molecular flexibility index (Phi) is 11.0. The summed E-state index contributed by atoms with van der Waals surface area (Å²) in [5.74, 6) is -1.24. The lowest BCUT2D eigenvalue weighted by Crippen LogP contribution is -2.19. The first-order valence-corrected chi connectivity index (χ1v) is 18.2. The van der Waals surface area contributed by atoms with E-state index >= 15 is 0 Å². The number of aliphatic hydroxyl groups is 2. The van der Waals surface area contributed by atoms with Crippen LogP contribution in [0.2, 0.25) is 10.0 Å². The second kappa shape index (κ2) is 15.4. The lowest BCUT2D eigenvalue weighted by Gasteiger charge is -2.23. The van der Waals surface area contributed by atoms with Crippen LogP contribution in [0.1, 0.15) is 94.5 Å². The first-order chi connectivity index (χ1) is 26.0. The van der Waals surface area contributed by atoms with Gasteiger partial charge in [0.2, 0.25) is 0 Å². The van der Waals surface area contributed by atoms with Gasteiger partial charge in [-0.2, -0.15) is 15.5 Å². The molecule has 6 aromatic rings. The molecule has 2 aromatic carbocycles. The summed E-state index contributed by atoms with van der Waals surface area (Å²) in [4.78, 5) is 35.0. The minimum absolute atomic E-state index is 0.0312. The molecule has 0 aliphatic carbocycles. The Hall–Kier alpha value is -5.39. The van der Waals surface area contributed by atoms with E-state index < -0.39 is 23.1 Å². The van der Waals surface area contributed by atoms with Crippen molar-refractivity contribution in [1.29, 1.82) is 5.26 Å². The van der Waals surface area contributed by atoms with E-state index in [9.17, 15) is 25.1 Å². The minimum atomic E-state index is -1.30. The highest BCUT2D eigenvalue weighted by Gasteiger charge is 2.26. The first kappa shape index (κ1) is 39.3. The SMILES string of the molecule is CCOC(=O)c1cn(Cc2cc(C(C)(C)O)c3ncc(Cl)cc3c2CCOC(=O)c2cn(Cc3cc(C(C)(C)O)c4ncc(Cl)cc4c3)nc2C)nc1C#N. The van der Waals surface area contributed by atoms with Gasteiger partial charge in [0.15, 0.2) is 5.69 Å². The molecule has 0 fully saturated rings. The molecule has 0 amide bonds. The van der Waals surface area contributed by atoms with Gasteiger partial charge in [-0.1, -0.05) is 23.2 Å². The number of hydrogen-bond donors (Lipinski definition) is 2. The van der Waals surface area contributed by atoms with Gasteiger partial charge in [-0.25, -0.2) is 9.59 Å². The van der Waals surface area contributed by atoms with Crippen LogP contribution in [-0.2, 0) is 40.2 Å². The molecule has 15 heteroatoms. The number of benzene rings is 2. The number of aromatic nitrogens is 6. The summed E-state index contributed by atoms with van der Waals surface area (Å²) in [6.07, 6.45) is 6.33. The maximum absolute atomic E-state index is 13.5. The topological polar surface area (TPSA) is 178 Å². The summed E-state index contributed by atoms with van der Waals surface area (Å²) >= 11 is 12.7. The third-order valence-electron chi connectivity index (χ3n) is 9.06. The molecule has 6 rings (SSSR count). The summed E-state index contributed by atoms with van der Waals surface area (Å²) in [6.45, 7) is 10.6. The van der Waals surface area contributed by atoms with Gasteiger partial charge in [0.25, 0.3) is 0 Å². The fraction of sp³-hybridized carbons (Fsp3) is 0.325. The largest absolute Gasteiger partial charge is 0.462 e. The maximum atomic E-state index is 13.5. The lowest BCUT2D eigenvalue weighted by atomic mass is 9.89. The maximum Gasteiger partial charge on any atom is 0.342 e. The van der Waals surface area contributed by atoms with Crippen molar-refractivity contribution >= 4 is 56.9 Å². The number of nitriles is 1. The molecule has 4 heterocycles. The number of pyridine rings is 2. The smallest absolute Gasteiger partial charge is 0.342 e. The number of aryl methyl sites for hydroxylation is 1. The predicted octanol–water partition coefficient (Wildman–Crippen LogP) is 6.79. The highest BCUT2D eigenvalue weighted by molar-refractivity contribution is 6.31. The second-order valence-electron chi connectivity index (χ2n) is 14.2. The summed E-state index contributed by atoms with van der Waals surface area (Å²) in [7, 11) is 0. The molecule has 0 spiro atoms. The number of carbonyl (C=O) groups is 2. The number of carbonyl (C=O) groups excluding carboxylic acids is 2. The van der Waals surface area contributed by atoms with Crippen molar-refractivity contribution in [3.05, 3.63) is 115 Å². The monoisotopic (exact) mass is 783 g/mol. The number of halogens is 2. The zero-order chi connectivity index (χ0) is 39.8. The molecule has 0 saturated carbocycles. The van der Waals surface area contributed by atoms with Crippen LogP contribution in [0.3, 0.4) is 0 Å². The van der Waals surface area contributed by atoms with Crippen molar-refractivity contribution < 1.29 is 29.3 Å². The number of nitrogens with zero attached hydrogens (tertiary/aromatic N) is 7. The second-order valence-corrected chi connectivity index (χ2v) is 15.1. The quantitative estimate of drug-likeness (QED) is 0.125. The normalized spacial score (nSPS) is 11.9. The number of hydrogen-bond acceptors (Lipinski definition) is 11. The van der Waals surface area contributed by atoms with Gasteiger partial charge in [0.05, 0.1) is 64.3 Å². The van der Waals surface area contributed by atoms with E-state index in [2.05, 4.69) is 20.2 Å². The third-order valence-corrected chi connectivity index (χ3v) is 9.47. The van der Waals surface area contributed by atoms with E-state index in [4.69, 9.17) is 32.7 Å². The lowest BCUT2D eigenvalue weighted by molar-refractivity contribution is 0.0504. The minimum Gasteiger partial charge on any atom is -0.462 e. The van der Waals surface area contributed by atoms with E-state index in [1.54, 1.807) is 76.8 Å². The van der Waals surface area contributed by atoms with Crippen molar-refractivity contribution in [1.82, 2.24) is 29.5 Å². The molecule has 0 atom stereocenters. The van der Waals surface area contributed by atoms with Crippen LogP contribution in [-0.4, -0.2) is 64.9 Å². The van der Waals surface area contributed by atoms with Gasteiger partial charge in [0, 0.05) is 53.1 Å². The van der Waals surface area contributed by atoms with Gasteiger partial charge < -0.3 is 19.7 Å². The predicted molar refractivity (Wildman–Crippen MR) is 206 cm³/mol. The van der Waals surface area contributed by atoms with E-state index in [1.165, 1.54) is 17.1 Å². The molecule has 0 saturated heterocycles. The molecule has 0 aliphatic rings. The Morgan fingerprint density at radius 3 is 2.13 bits per heavy atom. The number of esters is 2. The average Bonchev–Trinajstić information content (AvgIpc) is 3.69. The van der Waals surface area contributed by atoms with Crippen LogP contribution in [0.25, 0.3) is 21.8 Å². The molecule has 13 nitrogen and oxygen atoms in total. The molecule has 55 heavy (non-hydrogen) atoms. The number of fused-ring (bicyclic) bond motifs is 2. The highest BCUT2D eigenvalue weighted by atomic mass is 35.5. The molecule has 0 unspecified atom stereocenters. The number of rotatable bonds is 12. The molecule has 284 valence electrons. The van der Waals surface area contributed by atoms with Gasteiger partial charge in [-0.15, -0.1) is 0 Å². The molecule has 4 aromatic heterocycles. The first-order valence-electron chi connectivity index (χ1n) is 17.5. The summed E-state index contributed by atoms with van der Waals surface area (Å²) in [5, 5.41) is 42.9. The van der Waals surface area contributed by atoms with Crippen LogP contribution in [0.4, 0.5) is 0 Å². The van der Waals surface area contributed by atoms with Gasteiger partial charge in [-0.3, -0.25) is 19.3 Å². The van der Waals surface area contributed by atoms with Crippen LogP contribution in [0.15, 0.2) is 55.1 Å². The van der Waals surface area contributed by atoms with Crippen LogP contribution in [0, 0.1) is 18.3 Å². The highest BCUT2D eigenvalue weighted by Crippen LogP contribution is 2.35. The fourth-order valence-corrected chi connectivity index (χ4v) is 6.88. The third kappa shape index (κ3) is 8.48. The standard InChI is InChI=1S/C40H39Cl2N7O6/c1-7-54-38(51)31-21-49(47-34(31)15-43)19-25-13-33(40(5,6)53)36-29(14-27(42)17-45-36)28(25)8-9-55-37(50)30-20-48(46-22(30)2)18-23-10-24-12-26(41)16-44-35(24)32(11-23)39(3,4)52/h10-14,16-17,20-21,52-53H,7-9,18-19H2,1-6H3. The Labute approximate surface area is 327 Å². The molecule has 0 radical (unpaired) electrons. The molecular formula is C40H39Cl2N7O6. The van der Waals surface area contributed by atoms with Gasteiger partial charge in [0.1, 0.15) is 17.2 Å². The number of ether oxygens (including phenoxy) is 2. The van der Waals surface area contributed by atoms with Crippen molar-refractivity contribution in [3.8, 4) is 6.07 Å². The van der Waals surface area contributed by atoms with Crippen LogP contribution >= 0.6 is 23.2 Å². The van der Waals surface area contributed by atoms with Crippen LogP contribution < -0.4 is 0 Å². The van der Waals surface area contributed by atoms with Crippen molar-refractivity contribution in [2.24, 2.45) is 0 Å².